The first kappa shape index (κ1) is 22.9. The van der Waals surface area contributed by atoms with Crippen LogP contribution in [0.2, 0.25) is 0 Å². The van der Waals surface area contributed by atoms with Crippen molar-refractivity contribution in [2.45, 2.75) is 69.7 Å². The van der Waals surface area contributed by atoms with Gasteiger partial charge in [-0.3, -0.25) is 0 Å². The fourth-order valence-electron chi connectivity index (χ4n) is 4.34. The zero-order valence-corrected chi connectivity index (χ0v) is 18.4. The van der Waals surface area contributed by atoms with E-state index in [0.29, 0.717) is 29.9 Å². The Kier molecular flexibility index (Phi) is 6.62. The van der Waals surface area contributed by atoms with Crippen LogP contribution in [-0.2, 0) is 21.6 Å². The first-order chi connectivity index (χ1) is 15.4. The third kappa shape index (κ3) is 4.18. The van der Waals surface area contributed by atoms with Crippen LogP contribution in [0.15, 0.2) is 47.5 Å². The van der Waals surface area contributed by atoms with Gasteiger partial charge in [-0.2, -0.15) is 0 Å². The van der Waals surface area contributed by atoms with Crippen LogP contribution in [-0.4, -0.2) is 52.2 Å². The number of nitrogens with zero attached hydrogens (tertiary/aromatic N) is 1. The highest BCUT2D eigenvalue weighted by Gasteiger charge is 2.60. The monoisotopic (exact) mass is 443 g/mol. The number of hydrogen-bond donors (Lipinski definition) is 3. The quantitative estimate of drug-likeness (QED) is 0.612. The number of aliphatic imine (C=N–C) groups is 1. The molecular formula is C25H30FNO5. The minimum Gasteiger partial charge on any atom is -0.469 e. The van der Waals surface area contributed by atoms with Crippen LogP contribution in [0, 0.1) is 12.7 Å². The number of aliphatic hydroxyl groups excluding tert-OH is 3. The summed E-state index contributed by atoms with van der Waals surface area (Å²) < 4.78 is 26.8. The van der Waals surface area contributed by atoms with Gasteiger partial charge in [0.2, 0.25) is 5.72 Å². The number of halogens is 1. The predicted molar refractivity (Wildman–Crippen MR) is 118 cm³/mol. The van der Waals surface area contributed by atoms with Gasteiger partial charge in [-0.05, 0) is 36.6 Å². The number of benzene rings is 2. The van der Waals surface area contributed by atoms with Gasteiger partial charge in [0.05, 0.1) is 6.61 Å². The lowest BCUT2D eigenvalue weighted by Gasteiger charge is -2.44. The van der Waals surface area contributed by atoms with Gasteiger partial charge in [-0.1, -0.05) is 49.2 Å². The lowest BCUT2D eigenvalue weighted by atomic mass is 9.85. The molecule has 2 aliphatic heterocycles. The average Bonchev–Trinajstić information content (AvgIpc) is 3.17. The average molecular weight is 444 g/mol. The number of rotatable bonds is 7. The second kappa shape index (κ2) is 9.27. The molecule has 2 heterocycles. The molecule has 0 aliphatic carbocycles. The Morgan fingerprint density at radius 2 is 1.84 bits per heavy atom. The Bertz CT molecular complexity index is 979. The minimum atomic E-state index is -1.47. The van der Waals surface area contributed by atoms with Crippen LogP contribution in [0.1, 0.15) is 48.4 Å². The molecule has 0 spiro atoms. The van der Waals surface area contributed by atoms with Crippen molar-refractivity contribution in [2.24, 2.45) is 4.99 Å². The SMILES string of the molecule is CCCCC1=NC2(c3ccc(F)c(Cc4ccc(C)cc4)c3)O[C@H](CO)[C@@H](O)[C@H](O)C2O1. The number of unbranched alkanes of at least 4 members (excludes halogenated alkanes) is 1. The Morgan fingerprint density at radius 3 is 2.53 bits per heavy atom. The van der Waals surface area contributed by atoms with E-state index in [-0.39, 0.29) is 5.82 Å². The van der Waals surface area contributed by atoms with Crippen LogP contribution in [0.3, 0.4) is 0 Å². The standard InChI is InChI=1S/C25H30FNO5/c1-3-4-5-21-27-25(24(31-21)23(30)22(29)20(14-28)32-25)18-10-11-19(26)17(13-18)12-16-8-6-15(2)7-9-16/h6-11,13,20,22-24,28-30H,3-5,12,14H2,1-2H3/t20-,22-,23+,24?,25?/m1/s1. The molecule has 0 aromatic heterocycles. The Morgan fingerprint density at radius 1 is 1.09 bits per heavy atom. The molecular weight excluding hydrogens is 413 g/mol. The van der Waals surface area contributed by atoms with Gasteiger partial charge >= 0.3 is 0 Å². The second-order valence-electron chi connectivity index (χ2n) is 8.63. The van der Waals surface area contributed by atoms with E-state index in [9.17, 15) is 19.7 Å². The molecule has 172 valence electrons. The maximum absolute atomic E-state index is 14.7. The van der Waals surface area contributed by atoms with Crippen molar-refractivity contribution < 1.29 is 29.2 Å². The van der Waals surface area contributed by atoms with Crippen LogP contribution in [0.4, 0.5) is 4.39 Å². The summed E-state index contributed by atoms with van der Waals surface area (Å²) >= 11 is 0. The van der Waals surface area contributed by atoms with Gasteiger partial charge in [0.25, 0.3) is 0 Å². The second-order valence-corrected chi connectivity index (χ2v) is 8.63. The van der Waals surface area contributed by atoms with Crippen LogP contribution in [0.25, 0.3) is 0 Å². The first-order valence-corrected chi connectivity index (χ1v) is 11.1. The molecule has 3 N–H and O–H groups in total. The van der Waals surface area contributed by atoms with Crippen molar-refractivity contribution in [1.29, 1.82) is 0 Å². The zero-order valence-electron chi connectivity index (χ0n) is 18.4. The van der Waals surface area contributed by atoms with Crippen molar-refractivity contribution in [2.75, 3.05) is 6.61 Å². The highest BCUT2D eigenvalue weighted by molar-refractivity contribution is 5.79. The number of aryl methyl sites for hydroxylation is 1. The summed E-state index contributed by atoms with van der Waals surface area (Å²) in [5, 5.41) is 30.9. The zero-order chi connectivity index (χ0) is 22.9. The summed E-state index contributed by atoms with van der Waals surface area (Å²) in [6.07, 6.45) is -1.99. The number of ether oxygens (including phenoxy) is 2. The largest absolute Gasteiger partial charge is 0.469 e. The van der Waals surface area contributed by atoms with Crippen molar-refractivity contribution in [3.05, 3.63) is 70.5 Å². The fourth-order valence-corrected chi connectivity index (χ4v) is 4.34. The predicted octanol–water partition coefficient (Wildman–Crippen LogP) is 2.98. The number of fused-ring (bicyclic) bond motifs is 1. The summed E-state index contributed by atoms with van der Waals surface area (Å²) in [5.74, 6) is 0.0672. The normalized spacial score (nSPS) is 29.4. The summed E-state index contributed by atoms with van der Waals surface area (Å²) in [6.45, 7) is 3.55. The molecule has 2 aromatic rings. The third-order valence-electron chi connectivity index (χ3n) is 6.21. The molecule has 6 nitrogen and oxygen atoms in total. The lowest BCUT2D eigenvalue weighted by Crippen LogP contribution is -2.61. The topological polar surface area (TPSA) is 91.5 Å². The molecule has 5 atom stereocenters. The van der Waals surface area contributed by atoms with Gasteiger partial charge in [-0.25, -0.2) is 9.38 Å². The van der Waals surface area contributed by atoms with E-state index < -0.39 is 36.7 Å². The van der Waals surface area contributed by atoms with E-state index >= 15 is 0 Å². The van der Waals surface area contributed by atoms with E-state index in [0.717, 1.165) is 24.0 Å². The van der Waals surface area contributed by atoms with Gasteiger partial charge in [0.1, 0.15) is 24.1 Å². The molecule has 0 amide bonds. The van der Waals surface area contributed by atoms with Gasteiger partial charge in [0, 0.05) is 18.4 Å². The van der Waals surface area contributed by atoms with Crippen molar-refractivity contribution in [3.8, 4) is 0 Å². The van der Waals surface area contributed by atoms with Crippen LogP contribution < -0.4 is 0 Å². The van der Waals surface area contributed by atoms with E-state index in [1.165, 1.54) is 6.07 Å². The number of hydrogen-bond acceptors (Lipinski definition) is 6. The maximum atomic E-state index is 14.7. The van der Waals surface area contributed by atoms with E-state index in [2.05, 4.69) is 4.99 Å². The highest BCUT2D eigenvalue weighted by atomic mass is 19.1. The minimum absolute atomic E-state index is 0.355. The summed E-state index contributed by atoms with van der Waals surface area (Å²) in [6, 6.07) is 12.5. The van der Waals surface area contributed by atoms with Crippen molar-refractivity contribution in [1.82, 2.24) is 0 Å². The maximum Gasteiger partial charge on any atom is 0.228 e. The first-order valence-electron chi connectivity index (χ1n) is 11.1. The third-order valence-corrected chi connectivity index (χ3v) is 6.21. The van der Waals surface area contributed by atoms with Gasteiger partial charge < -0.3 is 24.8 Å². The molecule has 1 fully saturated rings. The summed E-state index contributed by atoms with van der Waals surface area (Å²) in [7, 11) is 0. The molecule has 2 unspecified atom stereocenters. The highest BCUT2D eigenvalue weighted by Crippen LogP contribution is 2.45. The van der Waals surface area contributed by atoms with Crippen LogP contribution >= 0.6 is 0 Å². The van der Waals surface area contributed by atoms with Gasteiger partial charge in [-0.15, -0.1) is 0 Å². The van der Waals surface area contributed by atoms with E-state index in [4.69, 9.17) is 9.47 Å². The molecule has 2 aliphatic rings. The molecule has 7 heteroatoms. The lowest BCUT2D eigenvalue weighted by molar-refractivity contribution is -0.262. The Hall–Kier alpha value is -2.32. The Labute approximate surface area is 187 Å². The molecule has 1 saturated heterocycles. The fraction of sp³-hybridized carbons (Fsp3) is 0.480. The molecule has 0 saturated carbocycles. The molecule has 4 rings (SSSR count). The Balaban J connectivity index is 1.75. The molecule has 0 bridgehead atoms. The van der Waals surface area contributed by atoms with Crippen molar-refractivity contribution in [3.63, 3.8) is 0 Å². The van der Waals surface area contributed by atoms with Gasteiger partial charge in [0.15, 0.2) is 12.0 Å². The molecule has 0 radical (unpaired) electrons. The smallest absolute Gasteiger partial charge is 0.228 e. The molecule has 2 aromatic carbocycles. The number of aliphatic hydroxyl groups is 3. The molecule has 32 heavy (non-hydrogen) atoms. The summed E-state index contributed by atoms with van der Waals surface area (Å²) in [4.78, 5) is 4.69. The van der Waals surface area contributed by atoms with E-state index in [1.54, 1.807) is 12.1 Å². The van der Waals surface area contributed by atoms with E-state index in [1.807, 2.05) is 38.1 Å². The summed E-state index contributed by atoms with van der Waals surface area (Å²) in [5.41, 5.74) is 1.59. The van der Waals surface area contributed by atoms with Crippen molar-refractivity contribution >= 4 is 5.90 Å². The van der Waals surface area contributed by atoms with Crippen LogP contribution in [0.5, 0.6) is 0 Å².